The van der Waals surface area contributed by atoms with Gasteiger partial charge in [0.15, 0.2) is 0 Å². The molecule has 2 saturated heterocycles. The first kappa shape index (κ1) is 18.8. The number of nitrogens with one attached hydrogen (secondary N) is 2. The third-order valence-corrected chi connectivity index (χ3v) is 6.47. The van der Waals surface area contributed by atoms with E-state index in [1.165, 1.54) is 45.3 Å². The summed E-state index contributed by atoms with van der Waals surface area (Å²) in [5, 5.41) is 4.34. The van der Waals surface area contributed by atoms with Crippen molar-refractivity contribution in [2.45, 2.75) is 31.8 Å². The quantitative estimate of drug-likeness (QED) is 0.739. The zero-order valence-corrected chi connectivity index (χ0v) is 16.8. The van der Waals surface area contributed by atoms with Gasteiger partial charge in [0.1, 0.15) is 24.4 Å². The molecule has 2 N–H and O–H groups in total. The highest BCUT2D eigenvalue weighted by Crippen LogP contribution is 2.31. The number of carbonyl (C=O) groups is 1. The SMILES string of the molecule is O=C1CO[C@@H](CNc2ncnc3[nH]ccc23)CN1CC1CCN(CC2CC2)CC1. The Bertz CT molecular complexity index is 843. The van der Waals surface area contributed by atoms with Crippen molar-refractivity contribution in [3.05, 3.63) is 18.6 Å². The van der Waals surface area contributed by atoms with E-state index in [0.29, 0.717) is 19.0 Å². The van der Waals surface area contributed by atoms with E-state index in [0.717, 1.165) is 29.3 Å². The summed E-state index contributed by atoms with van der Waals surface area (Å²) in [7, 11) is 0. The van der Waals surface area contributed by atoms with E-state index in [1.807, 2.05) is 17.2 Å². The lowest BCUT2D eigenvalue weighted by Crippen LogP contribution is -2.51. The van der Waals surface area contributed by atoms with E-state index in [1.54, 1.807) is 6.33 Å². The smallest absolute Gasteiger partial charge is 0.248 e. The molecule has 4 heterocycles. The minimum Gasteiger partial charge on any atom is -0.367 e. The van der Waals surface area contributed by atoms with Crippen LogP contribution in [0.4, 0.5) is 5.82 Å². The molecule has 2 aromatic heterocycles. The van der Waals surface area contributed by atoms with Gasteiger partial charge < -0.3 is 24.8 Å². The lowest BCUT2D eigenvalue weighted by atomic mass is 9.95. The topological polar surface area (TPSA) is 86.4 Å². The van der Waals surface area contributed by atoms with Crippen molar-refractivity contribution in [1.29, 1.82) is 0 Å². The number of hydrogen-bond acceptors (Lipinski definition) is 6. The molecule has 156 valence electrons. The highest BCUT2D eigenvalue weighted by atomic mass is 16.5. The molecule has 0 radical (unpaired) electrons. The van der Waals surface area contributed by atoms with Crippen LogP contribution in [0.1, 0.15) is 25.7 Å². The van der Waals surface area contributed by atoms with E-state index in [4.69, 9.17) is 4.74 Å². The molecule has 2 aliphatic heterocycles. The fourth-order valence-corrected chi connectivity index (χ4v) is 4.53. The van der Waals surface area contributed by atoms with E-state index in [2.05, 4.69) is 25.2 Å². The van der Waals surface area contributed by atoms with Gasteiger partial charge in [0.05, 0.1) is 11.5 Å². The predicted octanol–water partition coefficient (Wildman–Crippen LogP) is 1.72. The Morgan fingerprint density at radius 1 is 1.14 bits per heavy atom. The molecule has 0 bridgehead atoms. The molecule has 2 aromatic rings. The van der Waals surface area contributed by atoms with Crippen LogP contribution in [0.15, 0.2) is 18.6 Å². The number of morpholine rings is 1. The lowest BCUT2D eigenvalue weighted by Gasteiger charge is -2.38. The molecule has 1 saturated carbocycles. The van der Waals surface area contributed by atoms with Crippen molar-refractivity contribution in [3.63, 3.8) is 0 Å². The number of fused-ring (bicyclic) bond motifs is 1. The van der Waals surface area contributed by atoms with E-state index in [-0.39, 0.29) is 18.6 Å². The predicted molar refractivity (Wildman–Crippen MR) is 111 cm³/mol. The molecular formula is C21H30N6O2. The van der Waals surface area contributed by atoms with Crippen LogP contribution in [-0.2, 0) is 9.53 Å². The van der Waals surface area contributed by atoms with Gasteiger partial charge in [-0.15, -0.1) is 0 Å². The lowest BCUT2D eigenvalue weighted by molar-refractivity contribution is -0.149. The second-order valence-electron chi connectivity index (χ2n) is 8.76. The number of anilines is 1. The number of aromatic nitrogens is 3. The summed E-state index contributed by atoms with van der Waals surface area (Å²) in [4.78, 5) is 28.7. The summed E-state index contributed by atoms with van der Waals surface area (Å²) < 4.78 is 5.78. The van der Waals surface area contributed by atoms with Gasteiger partial charge in [-0.25, -0.2) is 9.97 Å². The number of rotatable bonds is 7. The summed E-state index contributed by atoms with van der Waals surface area (Å²) in [5.41, 5.74) is 0.817. The average molecular weight is 399 g/mol. The van der Waals surface area contributed by atoms with Crippen molar-refractivity contribution >= 4 is 22.8 Å². The van der Waals surface area contributed by atoms with Crippen molar-refractivity contribution in [2.24, 2.45) is 11.8 Å². The Morgan fingerprint density at radius 2 is 1.97 bits per heavy atom. The Morgan fingerprint density at radius 3 is 2.79 bits per heavy atom. The minimum atomic E-state index is -0.0217. The zero-order valence-electron chi connectivity index (χ0n) is 16.8. The Labute approximate surface area is 171 Å². The largest absolute Gasteiger partial charge is 0.367 e. The zero-order chi connectivity index (χ0) is 19.6. The fourth-order valence-electron chi connectivity index (χ4n) is 4.53. The van der Waals surface area contributed by atoms with Gasteiger partial charge in [0.2, 0.25) is 5.91 Å². The number of amides is 1. The Hall–Kier alpha value is -2.19. The van der Waals surface area contributed by atoms with Gasteiger partial charge in [-0.2, -0.15) is 0 Å². The van der Waals surface area contributed by atoms with Crippen LogP contribution >= 0.6 is 0 Å². The molecular weight excluding hydrogens is 368 g/mol. The summed E-state index contributed by atoms with van der Waals surface area (Å²) in [5.74, 6) is 2.49. The van der Waals surface area contributed by atoms with Gasteiger partial charge >= 0.3 is 0 Å². The molecule has 0 aromatic carbocycles. The van der Waals surface area contributed by atoms with Crippen LogP contribution in [-0.4, -0.2) is 82.6 Å². The molecule has 3 aliphatic rings. The maximum absolute atomic E-state index is 12.4. The second-order valence-corrected chi connectivity index (χ2v) is 8.76. The third kappa shape index (κ3) is 4.53. The van der Waals surface area contributed by atoms with Crippen LogP contribution < -0.4 is 5.32 Å². The molecule has 29 heavy (non-hydrogen) atoms. The highest BCUT2D eigenvalue weighted by molar-refractivity contribution is 5.86. The number of aromatic amines is 1. The molecule has 3 fully saturated rings. The summed E-state index contributed by atoms with van der Waals surface area (Å²) in [6, 6.07) is 1.96. The summed E-state index contributed by atoms with van der Waals surface area (Å²) >= 11 is 0. The first-order valence-electron chi connectivity index (χ1n) is 10.9. The summed E-state index contributed by atoms with van der Waals surface area (Å²) in [6.07, 6.45) is 8.63. The van der Waals surface area contributed by atoms with E-state index in [9.17, 15) is 4.79 Å². The van der Waals surface area contributed by atoms with Gasteiger partial charge in [0, 0.05) is 32.4 Å². The first-order chi connectivity index (χ1) is 14.2. The Balaban J connectivity index is 1.11. The first-order valence-corrected chi connectivity index (χ1v) is 10.9. The average Bonchev–Trinajstić information content (AvgIpc) is 3.42. The minimum absolute atomic E-state index is 0.0217. The number of H-pyrrole nitrogens is 1. The van der Waals surface area contributed by atoms with Gasteiger partial charge in [-0.1, -0.05) is 0 Å². The van der Waals surface area contributed by atoms with Crippen LogP contribution in [0.2, 0.25) is 0 Å². The van der Waals surface area contributed by atoms with Crippen molar-refractivity contribution in [1.82, 2.24) is 24.8 Å². The molecule has 0 unspecified atom stereocenters. The maximum atomic E-state index is 12.4. The standard InChI is InChI=1S/C21H30N6O2/c28-19-13-29-17(9-23-21-18-3-6-22-20(18)24-14-25-21)12-27(19)11-16-4-7-26(8-5-16)10-15-1-2-15/h3,6,14-17H,1-2,4-5,7-13H2,(H2,22,23,24,25)/t17-/m0/s1. The molecule has 0 spiro atoms. The maximum Gasteiger partial charge on any atom is 0.248 e. The number of piperidine rings is 1. The Kier molecular flexibility index (Phi) is 5.37. The van der Waals surface area contributed by atoms with Crippen molar-refractivity contribution in [2.75, 3.05) is 51.2 Å². The van der Waals surface area contributed by atoms with Gasteiger partial charge in [-0.3, -0.25) is 4.79 Å². The van der Waals surface area contributed by atoms with Gasteiger partial charge in [0.25, 0.3) is 0 Å². The molecule has 8 nitrogen and oxygen atoms in total. The number of nitrogens with zero attached hydrogens (tertiary/aromatic N) is 4. The third-order valence-electron chi connectivity index (χ3n) is 6.47. The summed E-state index contributed by atoms with van der Waals surface area (Å²) in [6.45, 7) is 5.97. The molecule has 1 amide bonds. The molecule has 8 heteroatoms. The van der Waals surface area contributed by atoms with Gasteiger partial charge in [-0.05, 0) is 56.7 Å². The number of hydrogen-bond donors (Lipinski definition) is 2. The monoisotopic (exact) mass is 398 g/mol. The molecule has 1 aliphatic carbocycles. The normalized spacial score (nSPS) is 24.3. The van der Waals surface area contributed by atoms with Crippen LogP contribution in [0.3, 0.4) is 0 Å². The number of carbonyl (C=O) groups excluding carboxylic acids is 1. The van der Waals surface area contributed by atoms with Crippen molar-refractivity contribution < 1.29 is 9.53 Å². The molecule has 1 atom stereocenters. The number of ether oxygens (including phenoxy) is 1. The van der Waals surface area contributed by atoms with Crippen LogP contribution in [0, 0.1) is 11.8 Å². The fraction of sp³-hybridized carbons (Fsp3) is 0.667. The van der Waals surface area contributed by atoms with E-state index >= 15 is 0 Å². The second kappa shape index (κ2) is 8.28. The van der Waals surface area contributed by atoms with Crippen LogP contribution in [0.5, 0.6) is 0 Å². The van der Waals surface area contributed by atoms with E-state index < -0.39 is 0 Å². The van der Waals surface area contributed by atoms with Crippen LogP contribution in [0.25, 0.3) is 11.0 Å². The number of likely N-dealkylation sites (tertiary alicyclic amines) is 1. The molecule has 5 rings (SSSR count). The highest BCUT2D eigenvalue weighted by Gasteiger charge is 2.31. The van der Waals surface area contributed by atoms with Crippen molar-refractivity contribution in [3.8, 4) is 0 Å².